The van der Waals surface area contributed by atoms with E-state index in [0.717, 1.165) is 88.1 Å². The van der Waals surface area contributed by atoms with Crippen LogP contribution in [-0.4, -0.2) is 106 Å². The maximum Gasteiger partial charge on any atom is 0.407 e. The van der Waals surface area contributed by atoms with Crippen LogP contribution in [0.4, 0.5) is 9.59 Å². The molecular formula is C47H56N8O7. The standard InChI is InChI=1S/C47H56N8O7/c1-25(2)38(52-45(58)60-5)43(56)54-23-47(16-7-17-62-24-47)21-37(54)42-49-33-15-13-30-18-29(12-14-32(30)40(33)51-42)27-8-10-28(11-9-27)34-22-48-41(50-34)36-20-31-19-35(31)55(36)44(57)39(26(3)4)53-46(59)61-6/h8-15,18,22,25-26,31,35-39H,7,16-17,19-21,23-24H2,1-6H3,(H,48,50)(H,49,51)(H,52,58)(H,53,59)/t31-,35-,36-,37-,38-,39-,47-/m0/s1. The normalized spacial score (nSPS) is 24.1. The predicted octanol–water partition coefficient (Wildman–Crippen LogP) is 7.27. The lowest BCUT2D eigenvalue weighted by atomic mass is 9.80. The minimum absolute atomic E-state index is 0.103. The van der Waals surface area contributed by atoms with Crippen molar-refractivity contribution in [1.82, 2.24) is 40.4 Å². The molecule has 5 heterocycles. The Balaban J connectivity index is 0.942. The van der Waals surface area contributed by atoms with Crippen LogP contribution in [0.1, 0.15) is 83.5 Å². The van der Waals surface area contributed by atoms with Crippen molar-refractivity contribution in [1.29, 1.82) is 0 Å². The summed E-state index contributed by atoms with van der Waals surface area (Å²) in [6.07, 6.45) is 5.00. The highest BCUT2D eigenvalue weighted by atomic mass is 16.5. The van der Waals surface area contributed by atoms with Crippen molar-refractivity contribution >= 4 is 45.8 Å². The minimum atomic E-state index is -0.744. The molecule has 3 aromatic carbocycles. The third-order valence-electron chi connectivity index (χ3n) is 13.6. The molecule has 4 amide bonds. The molecule has 3 aliphatic heterocycles. The third-order valence-corrected chi connectivity index (χ3v) is 13.6. The first-order valence-electron chi connectivity index (χ1n) is 21.8. The summed E-state index contributed by atoms with van der Waals surface area (Å²) in [5, 5.41) is 7.57. The zero-order valence-corrected chi connectivity index (χ0v) is 36.2. The van der Waals surface area contributed by atoms with Gasteiger partial charge in [-0.25, -0.2) is 19.6 Å². The number of hydrogen-bond acceptors (Lipinski definition) is 9. The molecule has 1 spiro atoms. The maximum absolute atomic E-state index is 14.3. The smallest absolute Gasteiger partial charge is 0.407 e. The van der Waals surface area contributed by atoms with E-state index in [1.165, 1.54) is 14.2 Å². The topological polar surface area (TPSA) is 184 Å². The summed E-state index contributed by atoms with van der Waals surface area (Å²) in [6.45, 7) is 9.51. The molecule has 0 bridgehead atoms. The second kappa shape index (κ2) is 16.4. The molecule has 15 heteroatoms. The number of hydrogen-bond donors (Lipinski definition) is 4. The lowest BCUT2D eigenvalue weighted by molar-refractivity contribution is -0.137. The highest BCUT2D eigenvalue weighted by Crippen LogP contribution is 2.53. The van der Waals surface area contributed by atoms with Gasteiger partial charge >= 0.3 is 12.2 Å². The van der Waals surface area contributed by atoms with Gasteiger partial charge in [-0.3, -0.25) is 9.59 Å². The fourth-order valence-corrected chi connectivity index (χ4v) is 10.1. The Hall–Kier alpha value is -5.96. The monoisotopic (exact) mass is 844 g/mol. The molecule has 7 atom stereocenters. The van der Waals surface area contributed by atoms with Crippen molar-refractivity contribution < 1.29 is 33.4 Å². The average molecular weight is 845 g/mol. The van der Waals surface area contributed by atoms with Crippen LogP contribution in [-0.2, 0) is 23.8 Å². The second-order valence-electron chi connectivity index (χ2n) is 18.4. The van der Waals surface area contributed by atoms with Crippen molar-refractivity contribution in [3.63, 3.8) is 0 Å². The average Bonchev–Trinajstić information content (AvgIpc) is 3.70. The van der Waals surface area contributed by atoms with Crippen LogP contribution < -0.4 is 10.6 Å². The fourth-order valence-electron chi connectivity index (χ4n) is 10.1. The number of ether oxygens (including phenoxy) is 3. The third kappa shape index (κ3) is 7.64. The molecule has 1 saturated carbocycles. The molecule has 15 nitrogen and oxygen atoms in total. The number of nitrogens with one attached hydrogen (secondary N) is 4. The first-order chi connectivity index (χ1) is 29.9. The van der Waals surface area contributed by atoms with Gasteiger partial charge in [0, 0.05) is 30.0 Å². The molecule has 326 valence electrons. The molecule has 9 rings (SSSR count). The van der Waals surface area contributed by atoms with Crippen molar-refractivity contribution in [2.24, 2.45) is 23.2 Å². The number of benzene rings is 3. The Kier molecular flexibility index (Phi) is 10.9. The van der Waals surface area contributed by atoms with E-state index in [1.54, 1.807) is 0 Å². The van der Waals surface area contributed by atoms with E-state index in [-0.39, 0.29) is 47.2 Å². The van der Waals surface area contributed by atoms with E-state index >= 15 is 0 Å². The Morgan fingerprint density at radius 3 is 2.19 bits per heavy atom. The summed E-state index contributed by atoms with van der Waals surface area (Å²) < 4.78 is 15.7. The number of piperidine rings is 1. The van der Waals surface area contributed by atoms with Gasteiger partial charge in [-0.15, -0.1) is 0 Å². The molecule has 0 unspecified atom stereocenters. The number of likely N-dealkylation sites (tertiary alicyclic amines) is 2. The number of carbonyl (C=O) groups excluding carboxylic acids is 4. The lowest BCUT2D eigenvalue weighted by Crippen LogP contribution is -2.52. The zero-order valence-electron chi connectivity index (χ0n) is 36.2. The molecule has 62 heavy (non-hydrogen) atoms. The highest BCUT2D eigenvalue weighted by Gasteiger charge is 2.56. The van der Waals surface area contributed by atoms with Crippen LogP contribution in [0, 0.1) is 23.2 Å². The molecule has 4 aliphatic rings. The number of nitrogens with zero attached hydrogens (tertiary/aromatic N) is 4. The van der Waals surface area contributed by atoms with Gasteiger partial charge in [0.05, 0.1) is 55.8 Å². The van der Waals surface area contributed by atoms with E-state index < -0.39 is 24.3 Å². The SMILES string of the molecule is COC(=O)N[C@H](C(=O)N1C[C@]2(CCCOC2)C[C@H]1c1nc2c(ccc3cc(-c4ccc(-c5cnc([C@@H]6C[C@@H]7C[C@@H]7N6C(=O)[C@@H](NC(=O)OC)C(C)C)[nH]5)cc4)ccc32)[nH]1)C(C)C. The lowest BCUT2D eigenvalue weighted by Gasteiger charge is -2.33. The fraction of sp³-hybridized carbons (Fsp3) is 0.489. The summed E-state index contributed by atoms with van der Waals surface area (Å²) in [7, 11) is 2.60. The molecular weight excluding hydrogens is 789 g/mol. The Morgan fingerprint density at radius 2 is 1.52 bits per heavy atom. The predicted molar refractivity (Wildman–Crippen MR) is 233 cm³/mol. The number of alkyl carbamates (subject to hydrolysis) is 2. The van der Waals surface area contributed by atoms with E-state index in [9.17, 15) is 19.2 Å². The Labute approximate surface area is 360 Å². The zero-order chi connectivity index (χ0) is 43.4. The van der Waals surface area contributed by atoms with Crippen molar-refractivity contribution in [3.05, 3.63) is 72.4 Å². The van der Waals surface area contributed by atoms with Crippen LogP contribution in [0.15, 0.2) is 60.8 Å². The van der Waals surface area contributed by atoms with Gasteiger partial charge in [-0.05, 0) is 84.1 Å². The number of carbonyl (C=O) groups is 4. The molecule has 0 radical (unpaired) electrons. The molecule has 2 aromatic heterocycles. The summed E-state index contributed by atoms with van der Waals surface area (Å²) >= 11 is 0. The van der Waals surface area contributed by atoms with Crippen LogP contribution in [0.3, 0.4) is 0 Å². The largest absolute Gasteiger partial charge is 0.453 e. The highest BCUT2D eigenvalue weighted by molar-refractivity contribution is 6.05. The van der Waals surface area contributed by atoms with Gasteiger partial charge in [0.25, 0.3) is 0 Å². The number of fused-ring (bicyclic) bond motifs is 4. The van der Waals surface area contributed by atoms with Crippen LogP contribution >= 0.6 is 0 Å². The number of imidazole rings is 2. The molecule has 4 fully saturated rings. The van der Waals surface area contributed by atoms with Gasteiger partial charge in [0.2, 0.25) is 11.8 Å². The summed E-state index contributed by atoms with van der Waals surface area (Å²) in [6, 6.07) is 17.1. The first kappa shape index (κ1) is 41.4. The summed E-state index contributed by atoms with van der Waals surface area (Å²) in [5.74, 6) is 1.41. The quantitative estimate of drug-likeness (QED) is 0.112. The molecule has 4 N–H and O–H groups in total. The number of rotatable bonds is 10. The number of aromatic amines is 2. The molecule has 5 aromatic rings. The van der Waals surface area contributed by atoms with E-state index in [0.29, 0.717) is 25.5 Å². The summed E-state index contributed by atoms with van der Waals surface area (Å²) in [4.78, 5) is 73.3. The Bertz CT molecular complexity index is 2510. The minimum Gasteiger partial charge on any atom is -0.453 e. The number of aromatic nitrogens is 4. The number of methoxy groups -OCH3 is 2. The van der Waals surface area contributed by atoms with Crippen LogP contribution in [0.25, 0.3) is 44.2 Å². The van der Waals surface area contributed by atoms with Gasteiger partial charge in [-0.1, -0.05) is 70.2 Å². The van der Waals surface area contributed by atoms with Crippen molar-refractivity contribution in [2.75, 3.05) is 34.0 Å². The van der Waals surface area contributed by atoms with Gasteiger partial charge < -0.3 is 44.6 Å². The maximum atomic E-state index is 14.3. The summed E-state index contributed by atoms with van der Waals surface area (Å²) in [5.41, 5.74) is 5.52. The van der Waals surface area contributed by atoms with E-state index in [1.807, 2.05) is 49.8 Å². The van der Waals surface area contributed by atoms with Crippen LogP contribution in [0.2, 0.25) is 0 Å². The van der Waals surface area contributed by atoms with Gasteiger partial charge in [0.15, 0.2) is 0 Å². The van der Waals surface area contributed by atoms with Crippen molar-refractivity contribution in [2.45, 2.75) is 90.0 Å². The van der Waals surface area contributed by atoms with E-state index in [2.05, 4.69) is 69.1 Å². The second-order valence-corrected chi connectivity index (χ2v) is 18.4. The first-order valence-corrected chi connectivity index (χ1v) is 21.8. The number of H-pyrrole nitrogens is 2. The van der Waals surface area contributed by atoms with E-state index in [4.69, 9.17) is 24.2 Å². The molecule has 3 saturated heterocycles. The van der Waals surface area contributed by atoms with Gasteiger partial charge in [-0.2, -0.15) is 0 Å². The number of amides is 4. The van der Waals surface area contributed by atoms with Crippen molar-refractivity contribution in [3.8, 4) is 22.4 Å². The van der Waals surface area contributed by atoms with Gasteiger partial charge in [0.1, 0.15) is 23.7 Å². The Morgan fingerprint density at radius 1 is 0.823 bits per heavy atom. The van der Waals surface area contributed by atoms with Crippen LogP contribution in [0.5, 0.6) is 0 Å². The molecule has 1 aliphatic carbocycles.